The highest BCUT2D eigenvalue weighted by Crippen LogP contribution is 2.18. The van der Waals surface area contributed by atoms with Crippen molar-refractivity contribution < 1.29 is 0 Å². The number of pyridine rings is 2. The van der Waals surface area contributed by atoms with Crippen molar-refractivity contribution in [1.82, 2.24) is 9.97 Å². The maximum atomic E-state index is 12.3. The maximum Gasteiger partial charge on any atom is 0.253 e. The Labute approximate surface area is 139 Å². The summed E-state index contributed by atoms with van der Waals surface area (Å²) in [4.78, 5) is 19.6. The lowest BCUT2D eigenvalue weighted by atomic mass is 10.1. The van der Waals surface area contributed by atoms with Crippen molar-refractivity contribution in [3.05, 3.63) is 82.3 Å². The lowest BCUT2D eigenvalue weighted by Crippen LogP contribution is -2.15. The molecule has 2 heterocycles. The number of fused-ring (bicyclic) bond motifs is 2. The normalized spacial score (nSPS) is 11.0. The number of nitrogens with one attached hydrogen (secondary N) is 2. The van der Waals surface area contributed by atoms with Crippen molar-refractivity contribution in [3.63, 3.8) is 0 Å². The molecule has 0 fully saturated rings. The van der Waals surface area contributed by atoms with Crippen molar-refractivity contribution in [2.75, 3.05) is 5.32 Å². The lowest BCUT2D eigenvalue weighted by molar-refractivity contribution is 1.09. The molecule has 0 radical (unpaired) electrons. The number of rotatable bonds is 3. The molecule has 4 rings (SSSR count). The van der Waals surface area contributed by atoms with Crippen LogP contribution in [0.25, 0.3) is 21.8 Å². The van der Waals surface area contributed by atoms with E-state index in [1.165, 1.54) is 0 Å². The highest BCUT2D eigenvalue weighted by atomic mass is 16.1. The Hall–Kier alpha value is -3.14. The van der Waals surface area contributed by atoms with Gasteiger partial charge in [-0.2, -0.15) is 0 Å². The molecule has 2 N–H and O–H groups in total. The van der Waals surface area contributed by atoms with E-state index in [4.69, 9.17) is 0 Å². The van der Waals surface area contributed by atoms with Crippen molar-refractivity contribution in [1.29, 1.82) is 0 Å². The minimum absolute atomic E-state index is 0.0560. The van der Waals surface area contributed by atoms with Crippen molar-refractivity contribution in [3.8, 4) is 0 Å². The van der Waals surface area contributed by atoms with Crippen LogP contribution in [0.15, 0.2) is 65.6 Å². The fourth-order valence-corrected chi connectivity index (χ4v) is 2.87. The van der Waals surface area contributed by atoms with Gasteiger partial charge in [-0.05, 0) is 48.2 Å². The van der Waals surface area contributed by atoms with Crippen molar-refractivity contribution >= 4 is 27.5 Å². The van der Waals surface area contributed by atoms with Crippen molar-refractivity contribution in [2.45, 2.75) is 13.5 Å². The van der Waals surface area contributed by atoms with E-state index < -0.39 is 0 Å². The first-order chi connectivity index (χ1) is 11.7. The SMILES string of the molecule is Cc1ccc2cc(CNc3ccc4cccnc4c3)c(=O)[nH]c2c1. The van der Waals surface area contributed by atoms with E-state index >= 15 is 0 Å². The van der Waals surface area contributed by atoms with E-state index in [0.29, 0.717) is 12.1 Å². The Bertz CT molecular complexity index is 1100. The third kappa shape index (κ3) is 2.74. The molecule has 0 atom stereocenters. The van der Waals surface area contributed by atoms with Crippen LogP contribution in [-0.4, -0.2) is 9.97 Å². The number of hydrogen-bond acceptors (Lipinski definition) is 3. The number of benzene rings is 2. The second-order valence-corrected chi connectivity index (χ2v) is 5.98. The number of H-pyrrole nitrogens is 1. The summed E-state index contributed by atoms with van der Waals surface area (Å²) >= 11 is 0. The average Bonchev–Trinajstić information content (AvgIpc) is 2.60. The standard InChI is InChI=1S/C20H17N3O/c1-13-4-5-15-10-16(20(24)23-19(15)9-13)12-22-17-7-6-14-3-2-8-21-18(14)11-17/h2-11,22H,12H2,1H3,(H,23,24). The Morgan fingerprint density at radius 2 is 1.92 bits per heavy atom. The minimum Gasteiger partial charge on any atom is -0.381 e. The molecule has 118 valence electrons. The summed E-state index contributed by atoms with van der Waals surface area (Å²) in [6.07, 6.45) is 1.78. The first-order valence-corrected chi connectivity index (χ1v) is 7.90. The first kappa shape index (κ1) is 14.5. The molecule has 0 aliphatic rings. The highest BCUT2D eigenvalue weighted by molar-refractivity contribution is 5.82. The molecule has 0 saturated heterocycles. The van der Waals surface area contributed by atoms with E-state index in [0.717, 1.165) is 33.1 Å². The predicted molar refractivity (Wildman–Crippen MR) is 98.4 cm³/mol. The van der Waals surface area contributed by atoms with Crippen LogP contribution in [0.4, 0.5) is 5.69 Å². The van der Waals surface area contributed by atoms with Gasteiger partial charge < -0.3 is 10.3 Å². The summed E-state index contributed by atoms with van der Waals surface area (Å²) in [5.74, 6) is 0. The molecule has 24 heavy (non-hydrogen) atoms. The number of aromatic amines is 1. The Morgan fingerprint density at radius 3 is 2.83 bits per heavy atom. The van der Waals surface area contributed by atoms with Gasteiger partial charge in [-0.15, -0.1) is 0 Å². The Morgan fingerprint density at radius 1 is 1.04 bits per heavy atom. The molecule has 4 nitrogen and oxygen atoms in total. The van der Waals surface area contributed by atoms with E-state index in [1.807, 2.05) is 61.5 Å². The summed E-state index contributed by atoms with van der Waals surface area (Å²) in [6, 6.07) is 18.0. The second kappa shape index (κ2) is 5.81. The summed E-state index contributed by atoms with van der Waals surface area (Å²) < 4.78 is 0. The largest absolute Gasteiger partial charge is 0.381 e. The smallest absolute Gasteiger partial charge is 0.253 e. The van der Waals surface area contributed by atoms with E-state index in [1.54, 1.807) is 6.20 Å². The van der Waals surface area contributed by atoms with Crippen LogP contribution in [0.2, 0.25) is 0 Å². The molecule has 2 aromatic heterocycles. The van der Waals surface area contributed by atoms with Gasteiger partial charge in [0.05, 0.1) is 5.52 Å². The van der Waals surface area contributed by atoms with Crippen LogP contribution in [0.1, 0.15) is 11.1 Å². The number of nitrogens with zero attached hydrogens (tertiary/aromatic N) is 1. The molecule has 0 spiro atoms. The third-order valence-corrected chi connectivity index (χ3v) is 4.17. The van der Waals surface area contributed by atoms with Gasteiger partial charge in [0.2, 0.25) is 0 Å². The number of aryl methyl sites for hydroxylation is 1. The zero-order valence-corrected chi connectivity index (χ0v) is 13.3. The zero-order chi connectivity index (χ0) is 16.5. The molecule has 0 bridgehead atoms. The summed E-state index contributed by atoms with van der Waals surface area (Å²) in [6.45, 7) is 2.48. The van der Waals surface area contributed by atoms with Crippen LogP contribution in [0.3, 0.4) is 0 Å². The van der Waals surface area contributed by atoms with Gasteiger partial charge in [0.25, 0.3) is 5.56 Å². The van der Waals surface area contributed by atoms with E-state index in [-0.39, 0.29) is 5.56 Å². The maximum absolute atomic E-state index is 12.3. The van der Waals surface area contributed by atoms with Crippen LogP contribution in [0, 0.1) is 6.92 Å². The minimum atomic E-state index is -0.0560. The molecule has 4 heteroatoms. The molecule has 2 aromatic carbocycles. The molecule has 0 unspecified atom stereocenters. The van der Waals surface area contributed by atoms with E-state index in [2.05, 4.69) is 15.3 Å². The zero-order valence-electron chi connectivity index (χ0n) is 13.3. The highest BCUT2D eigenvalue weighted by Gasteiger charge is 2.04. The van der Waals surface area contributed by atoms with Gasteiger partial charge in [0, 0.05) is 34.9 Å². The van der Waals surface area contributed by atoms with Crippen molar-refractivity contribution in [2.24, 2.45) is 0 Å². The van der Waals surface area contributed by atoms with Crippen LogP contribution in [-0.2, 0) is 6.54 Å². The van der Waals surface area contributed by atoms with E-state index in [9.17, 15) is 4.79 Å². The Kier molecular flexibility index (Phi) is 3.50. The van der Waals surface area contributed by atoms with Crippen LogP contribution in [0.5, 0.6) is 0 Å². The average molecular weight is 315 g/mol. The second-order valence-electron chi connectivity index (χ2n) is 5.98. The topological polar surface area (TPSA) is 57.8 Å². The molecule has 0 aliphatic carbocycles. The molecule has 4 aromatic rings. The number of aromatic nitrogens is 2. The number of anilines is 1. The third-order valence-electron chi connectivity index (χ3n) is 4.17. The molecular weight excluding hydrogens is 298 g/mol. The van der Waals surface area contributed by atoms with Gasteiger partial charge in [0.1, 0.15) is 0 Å². The van der Waals surface area contributed by atoms with Crippen LogP contribution < -0.4 is 10.9 Å². The summed E-state index contributed by atoms with van der Waals surface area (Å²) in [7, 11) is 0. The quantitative estimate of drug-likeness (QED) is 0.601. The summed E-state index contributed by atoms with van der Waals surface area (Å²) in [5, 5.41) is 5.45. The fourth-order valence-electron chi connectivity index (χ4n) is 2.87. The first-order valence-electron chi connectivity index (χ1n) is 7.90. The van der Waals surface area contributed by atoms with Gasteiger partial charge in [-0.3, -0.25) is 9.78 Å². The van der Waals surface area contributed by atoms with Gasteiger partial charge in [0.15, 0.2) is 0 Å². The summed E-state index contributed by atoms with van der Waals surface area (Å²) in [5.41, 5.74) is 4.55. The van der Waals surface area contributed by atoms with Gasteiger partial charge >= 0.3 is 0 Å². The predicted octanol–water partition coefficient (Wildman–Crippen LogP) is 4.00. The molecule has 0 amide bonds. The van der Waals surface area contributed by atoms with Crippen LogP contribution >= 0.6 is 0 Å². The lowest BCUT2D eigenvalue weighted by Gasteiger charge is -2.08. The number of hydrogen-bond donors (Lipinski definition) is 2. The monoisotopic (exact) mass is 315 g/mol. The fraction of sp³-hybridized carbons (Fsp3) is 0.100. The Balaban J connectivity index is 1.62. The van der Waals surface area contributed by atoms with Gasteiger partial charge in [-0.25, -0.2) is 0 Å². The molecule has 0 aliphatic heterocycles. The molecular formula is C20H17N3O. The molecule has 0 saturated carbocycles. The van der Waals surface area contributed by atoms with Gasteiger partial charge in [-0.1, -0.05) is 24.3 Å².